The molecule has 1 N–H and O–H groups in total. The van der Waals surface area contributed by atoms with Gasteiger partial charge in [0, 0.05) is 17.0 Å². The van der Waals surface area contributed by atoms with E-state index in [2.05, 4.69) is 20.7 Å². The molecule has 2 aromatic rings. The van der Waals surface area contributed by atoms with E-state index in [1.807, 2.05) is 30.5 Å². The summed E-state index contributed by atoms with van der Waals surface area (Å²) in [6.07, 6.45) is 14.5. The summed E-state index contributed by atoms with van der Waals surface area (Å²) in [5.74, 6) is 1.68. The van der Waals surface area contributed by atoms with Crippen LogP contribution >= 0.6 is 0 Å². The fourth-order valence-corrected chi connectivity index (χ4v) is 3.26. The van der Waals surface area contributed by atoms with Crippen LogP contribution < -0.4 is 5.43 Å². The zero-order valence-corrected chi connectivity index (χ0v) is 13.0. The van der Waals surface area contributed by atoms with Crippen LogP contribution in [0.4, 0.5) is 5.82 Å². The van der Waals surface area contributed by atoms with Crippen molar-refractivity contribution in [2.45, 2.75) is 51.4 Å². The molecule has 4 heteroatoms. The summed E-state index contributed by atoms with van der Waals surface area (Å²) in [6.45, 7) is 0. The molecule has 1 aliphatic carbocycles. The molecule has 0 saturated heterocycles. The second-order valence-corrected chi connectivity index (χ2v) is 6.14. The Bertz CT molecular complexity index is 612. The number of anilines is 1. The highest BCUT2D eigenvalue weighted by Gasteiger charge is 2.12. The molecule has 0 spiro atoms. The van der Waals surface area contributed by atoms with Crippen LogP contribution in [0, 0.1) is 5.92 Å². The zero-order valence-electron chi connectivity index (χ0n) is 13.0. The van der Waals surface area contributed by atoms with Gasteiger partial charge in [0.2, 0.25) is 0 Å². The maximum absolute atomic E-state index is 4.30. The van der Waals surface area contributed by atoms with Crippen LogP contribution in [0.1, 0.15) is 51.4 Å². The van der Waals surface area contributed by atoms with Crippen molar-refractivity contribution in [3.05, 3.63) is 30.5 Å². The van der Waals surface area contributed by atoms with Crippen LogP contribution in [0.2, 0.25) is 0 Å². The van der Waals surface area contributed by atoms with Crippen molar-refractivity contribution in [3.8, 4) is 0 Å². The van der Waals surface area contributed by atoms with Gasteiger partial charge in [0.05, 0.1) is 6.20 Å². The molecule has 3 rings (SSSR count). The van der Waals surface area contributed by atoms with Crippen molar-refractivity contribution in [1.82, 2.24) is 10.2 Å². The summed E-state index contributed by atoms with van der Waals surface area (Å²) >= 11 is 0. The smallest absolute Gasteiger partial charge is 0.176 e. The molecule has 4 nitrogen and oxygen atoms in total. The third kappa shape index (κ3) is 4.03. The van der Waals surface area contributed by atoms with Gasteiger partial charge in [0.1, 0.15) is 0 Å². The Labute approximate surface area is 132 Å². The SMILES string of the molecule is C(/CCCC1CCCCC1)=N\Nc1nncc2ccccc12. The summed E-state index contributed by atoms with van der Waals surface area (Å²) in [5, 5.41) is 14.6. The van der Waals surface area contributed by atoms with Gasteiger partial charge in [-0.25, -0.2) is 0 Å². The second-order valence-electron chi connectivity index (χ2n) is 6.14. The van der Waals surface area contributed by atoms with Crippen molar-refractivity contribution >= 4 is 22.8 Å². The summed E-state index contributed by atoms with van der Waals surface area (Å²) in [4.78, 5) is 0. The average molecular weight is 296 g/mol. The van der Waals surface area contributed by atoms with E-state index in [1.54, 1.807) is 6.20 Å². The van der Waals surface area contributed by atoms with Crippen LogP contribution in [0.25, 0.3) is 10.8 Å². The van der Waals surface area contributed by atoms with E-state index in [4.69, 9.17) is 0 Å². The molecule has 1 heterocycles. The van der Waals surface area contributed by atoms with E-state index in [9.17, 15) is 0 Å². The quantitative estimate of drug-likeness (QED) is 0.474. The van der Waals surface area contributed by atoms with Gasteiger partial charge in [-0.3, -0.25) is 5.43 Å². The highest BCUT2D eigenvalue weighted by Crippen LogP contribution is 2.27. The van der Waals surface area contributed by atoms with E-state index < -0.39 is 0 Å². The lowest BCUT2D eigenvalue weighted by Crippen LogP contribution is -2.05. The van der Waals surface area contributed by atoms with Crippen LogP contribution in [0.15, 0.2) is 35.6 Å². The largest absolute Gasteiger partial charge is 0.260 e. The summed E-state index contributed by atoms with van der Waals surface area (Å²) in [7, 11) is 0. The van der Waals surface area contributed by atoms with Crippen molar-refractivity contribution in [2.24, 2.45) is 11.0 Å². The van der Waals surface area contributed by atoms with Gasteiger partial charge in [0.15, 0.2) is 5.82 Å². The Hall–Kier alpha value is -1.97. The molecule has 0 atom stereocenters. The van der Waals surface area contributed by atoms with Crippen LogP contribution in [0.3, 0.4) is 0 Å². The summed E-state index contributed by atoms with van der Waals surface area (Å²) in [5.41, 5.74) is 3.02. The van der Waals surface area contributed by atoms with Gasteiger partial charge >= 0.3 is 0 Å². The fraction of sp³-hybridized carbons (Fsp3) is 0.500. The minimum Gasteiger partial charge on any atom is -0.260 e. The average Bonchev–Trinajstić information content (AvgIpc) is 2.59. The van der Waals surface area contributed by atoms with Gasteiger partial charge in [-0.1, -0.05) is 62.8 Å². The van der Waals surface area contributed by atoms with Gasteiger partial charge in [-0.15, -0.1) is 5.10 Å². The maximum atomic E-state index is 4.30. The molecule has 0 unspecified atom stereocenters. The van der Waals surface area contributed by atoms with Crippen LogP contribution in [-0.4, -0.2) is 16.4 Å². The third-order valence-electron chi connectivity index (χ3n) is 4.50. The van der Waals surface area contributed by atoms with Crippen LogP contribution in [-0.2, 0) is 0 Å². The Morgan fingerprint density at radius 3 is 2.95 bits per heavy atom. The molecule has 1 saturated carbocycles. The molecule has 1 aliphatic rings. The number of aromatic nitrogens is 2. The predicted molar refractivity (Wildman–Crippen MR) is 92.1 cm³/mol. The molecule has 0 radical (unpaired) electrons. The zero-order chi connectivity index (χ0) is 15.0. The Morgan fingerprint density at radius 2 is 2.05 bits per heavy atom. The normalized spacial score (nSPS) is 16.4. The molecular formula is C18H24N4. The number of unbranched alkanes of at least 4 members (excludes halogenated alkanes) is 1. The number of fused-ring (bicyclic) bond motifs is 1. The molecule has 1 fully saturated rings. The number of nitrogens with one attached hydrogen (secondary N) is 1. The second kappa shape index (κ2) is 7.87. The number of hydrogen-bond acceptors (Lipinski definition) is 4. The van der Waals surface area contributed by atoms with Gasteiger partial charge in [-0.05, 0) is 18.8 Å². The van der Waals surface area contributed by atoms with Crippen molar-refractivity contribution < 1.29 is 0 Å². The molecular weight excluding hydrogens is 272 g/mol. The van der Waals surface area contributed by atoms with E-state index in [0.717, 1.165) is 28.9 Å². The van der Waals surface area contributed by atoms with Crippen molar-refractivity contribution in [2.75, 3.05) is 5.43 Å². The summed E-state index contributed by atoms with van der Waals surface area (Å²) in [6, 6.07) is 8.07. The lowest BCUT2D eigenvalue weighted by Gasteiger charge is -2.20. The maximum Gasteiger partial charge on any atom is 0.176 e. The number of benzene rings is 1. The molecule has 116 valence electrons. The standard InChI is InChI=1S/C18H24N4/c1-2-8-15(9-3-1)10-6-7-13-19-21-18-17-12-5-4-11-16(17)14-20-22-18/h4-5,11-15H,1-3,6-10H2,(H,21,22)/b19-13+. The first-order valence-electron chi connectivity index (χ1n) is 8.41. The highest BCUT2D eigenvalue weighted by atomic mass is 15.3. The minimum absolute atomic E-state index is 0.724. The monoisotopic (exact) mass is 296 g/mol. The first kappa shape index (κ1) is 14.9. The van der Waals surface area contributed by atoms with Crippen LogP contribution in [0.5, 0.6) is 0 Å². The predicted octanol–water partition coefficient (Wildman–Crippen LogP) is 4.78. The number of nitrogens with zero attached hydrogens (tertiary/aromatic N) is 3. The Morgan fingerprint density at radius 1 is 1.18 bits per heavy atom. The third-order valence-corrected chi connectivity index (χ3v) is 4.50. The number of hydrogen-bond donors (Lipinski definition) is 1. The van der Waals surface area contributed by atoms with E-state index >= 15 is 0 Å². The molecule has 0 bridgehead atoms. The fourth-order valence-electron chi connectivity index (χ4n) is 3.26. The summed E-state index contributed by atoms with van der Waals surface area (Å²) < 4.78 is 0. The first-order valence-corrected chi connectivity index (χ1v) is 8.41. The molecule has 0 aliphatic heterocycles. The lowest BCUT2D eigenvalue weighted by molar-refractivity contribution is 0.334. The molecule has 1 aromatic carbocycles. The molecule has 1 aromatic heterocycles. The van der Waals surface area contributed by atoms with E-state index in [0.29, 0.717) is 0 Å². The Balaban J connectivity index is 1.45. The Kier molecular flexibility index (Phi) is 5.35. The lowest BCUT2D eigenvalue weighted by atomic mass is 9.86. The number of hydrazone groups is 1. The first-order chi connectivity index (χ1) is 10.9. The van der Waals surface area contributed by atoms with Gasteiger partial charge in [-0.2, -0.15) is 10.2 Å². The van der Waals surface area contributed by atoms with Crippen molar-refractivity contribution in [1.29, 1.82) is 0 Å². The van der Waals surface area contributed by atoms with E-state index in [1.165, 1.54) is 44.9 Å². The topological polar surface area (TPSA) is 50.2 Å². The number of rotatable bonds is 6. The van der Waals surface area contributed by atoms with Gasteiger partial charge in [0.25, 0.3) is 0 Å². The highest BCUT2D eigenvalue weighted by molar-refractivity contribution is 5.90. The van der Waals surface area contributed by atoms with Crippen molar-refractivity contribution in [3.63, 3.8) is 0 Å². The minimum atomic E-state index is 0.724. The van der Waals surface area contributed by atoms with Gasteiger partial charge < -0.3 is 0 Å². The molecule has 0 amide bonds. The van der Waals surface area contributed by atoms with E-state index in [-0.39, 0.29) is 0 Å². The molecule has 22 heavy (non-hydrogen) atoms.